The van der Waals surface area contributed by atoms with Gasteiger partial charge in [-0.2, -0.15) is 13.2 Å². The SMILES string of the molecule is CC(C)Oc1ccc(C(N)CC(F)(F)F)cc1. The number of rotatable bonds is 4. The number of nitrogens with two attached hydrogens (primary N) is 1. The maximum absolute atomic E-state index is 12.1. The lowest BCUT2D eigenvalue weighted by atomic mass is 10.0. The number of ether oxygens (including phenoxy) is 1. The molecular weight excluding hydrogens is 231 g/mol. The minimum Gasteiger partial charge on any atom is -0.491 e. The van der Waals surface area contributed by atoms with E-state index < -0.39 is 18.6 Å². The zero-order valence-electron chi connectivity index (χ0n) is 9.79. The molecule has 1 rings (SSSR count). The largest absolute Gasteiger partial charge is 0.491 e. The van der Waals surface area contributed by atoms with E-state index >= 15 is 0 Å². The highest BCUT2D eigenvalue weighted by Crippen LogP contribution is 2.28. The average Bonchev–Trinajstić information content (AvgIpc) is 2.15. The van der Waals surface area contributed by atoms with Gasteiger partial charge >= 0.3 is 6.18 Å². The van der Waals surface area contributed by atoms with Crippen molar-refractivity contribution in [1.82, 2.24) is 0 Å². The minimum atomic E-state index is -4.24. The van der Waals surface area contributed by atoms with Crippen LogP contribution in [0, 0.1) is 0 Å². The second kappa shape index (κ2) is 5.40. The van der Waals surface area contributed by atoms with Crippen LogP contribution in [0.3, 0.4) is 0 Å². The third kappa shape index (κ3) is 5.08. The molecule has 2 N–H and O–H groups in total. The van der Waals surface area contributed by atoms with Crippen LogP contribution in [0.25, 0.3) is 0 Å². The summed E-state index contributed by atoms with van der Waals surface area (Å²) in [5.74, 6) is 0.628. The molecule has 0 fully saturated rings. The Morgan fingerprint density at radius 1 is 1.18 bits per heavy atom. The first-order chi connectivity index (χ1) is 7.78. The third-order valence-electron chi connectivity index (χ3n) is 2.13. The van der Waals surface area contributed by atoms with Crippen molar-refractivity contribution in [2.75, 3.05) is 0 Å². The van der Waals surface area contributed by atoms with E-state index in [9.17, 15) is 13.2 Å². The van der Waals surface area contributed by atoms with Crippen LogP contribution >= 0.6 is 0 Å². The molecule has 17 heavy (non-hydrogen) atoms. The van der Waals surface area contributed by atoms with E-state index in [0.29, 0.717) is 11.3 Å². The molecule has 1 atom stereocenters. The van der Waals surface area contributed by atoms with E-state index in [0.717, 1.165) is 0 Å². The van der Waals surface area contributed by atoms with Crippen molar-refractivity contribution in [2.45, 2.75) is 38.6 Å². The zero-order valence-corrected chi connectivity index (χ0v) is 9.79. The topological polar surface area (TPSA) is 35.2 Å². The van der Waals surface area contributed by atoms with E-state index in [4.69, 9.17) is 10.5 Å². The van der Waals surface area contributed by atoms with Gasteiger partial charge in [0, 0.05) is 6.04 Å². The Kier molecular flexibility index (Phi) is 4.40. The predicted molar refractivity (Wildman–Crippen MR) is 59.8 cm³/mol. The zero-order chi connectivity index (χ0) is 13.1. The highest BCUT2D eigenvalue weighted by atomic mass is 19.4. The summed E-state index contributed by atoms with van der Waals surface area (Å²) in [6, 6.07) is 5.36. The fourth-order valence-electron chi connectivity index (χ4n) is 1.43. The Balaban J connectivity index is 2.67. The van der Waals surface area contributed by atoms with Crippen molar-refractivity contribution in [3.63, 3.8) is 0 Å². The Hall–Kier alpha value is -1.23. The van der Waals surface area contributed by atoms with Gasteiger partial charge in [0.25, 0.3) is 0 Å². The van der Waals surface area contributed by atoms with E-state index in [-0.39, 0.29) is 6.10 Å². The fraction of sp³-hybridized carbons (Fsp3) is 0.500. The van der Waals surface area contributed by atoms with Gasteiger partial charge in [-0.1, -0.05) is 12.1 Å². The highest BCUT2D eigenvalue weighted by Gasteiger charge is 2.30. The molecule has 0 radical (unpaired) electrons. The molecule has 5 heteroatoms. The lowest BCUT2D eigenvalue weighted by Gasteiger charge is -2.15. The summed E-state index contributed by atoms with van der Waals surface area (Å²) in [5, 5.41) is 0. The lowest BCUT2D eigenvalue weighted by Crippen LogP contribution is -2.20. The van der Waals surface area contributed by atoms with E-state index in [1.54, 1.807) is 24.3 Å². The van der Waals surface area contributed by atoms with Gasteiger partial charge in [-0.05, 0) is 31.5 Å². The Morgan fingerprint density at radius 3 is 2.12 bits per heavy atom. The van der Waals surface area contributed by atoms with Crippen molar-refractivity contribution in [2.24, 2.45) is 5.73 Å². The van der Waals surface area contributed by atoms with Crippen LogP contribution in [0.2, 0.25) is 0 Å². The molecule has 2 nitrogen and oxygen atoms in total. The third-order valence-corrected chi connectivity index (χ3v) is 2.13. The molecule has 1 aromatic carbocycles. The smallest absolute Gasteiger partial charge is 0.390 e. The second-order valence-electron chi connectivity index (χ2n) is 4.16. The monoisotopic (exact) mass is 247 g/mol. The van der Waals surface area contributed by atoms with Gasteiger partial charge in [-0.25, -0.2) is 0 Å². The summed E-state index contributed by atoms with van der Waals surface area (Å²) in [7, 11) is 0. The molecule has 0 aliphatic rings. The quantitative estimate of drug-likeness (QED) is 0.884. The van der Waals surface area contributed by atoms with Crippen molar-refractivity contribution >= 4 is 0 Å². The van der Waals surface area contributed by atoms with Crippen LogP contribution in [-0.4, -0.2) is 12.3 Å². The summed E-state index contributed by atoms with van der Waals surface area (Å²) >= 11 is 0. The molecule has 0 aliphatic heterocycles. The fourth-order valence-corrected chi connectivity index (χ4v) is 1.43. The highest BCUT2D eigenvalue weighted by molar-refractivity contribution is 5.29. The maximum Gasteiger partial charge on any atom is 0.390 e. The molecule has 0 aliphatic carbocycles. The molecule has 0 spiro atoms. The molecule has 0 heterocycles. The predicted octanol–water partition coefficient (Wildman–Crippen LogP) is 3.43. The summed E-state index contributed by atoms with van der Waals surface area (Å²) in [6.07, 6.45) is -5.23. The van der Waals surface area contributed by atoms with Crippen LogP contribution in [-0.2, 0) is 0 Å². The lowest BCUT2D eigenvalue weighted by molar-refractivity contribution is -0.138. The van der Waals surface area contributed by atoms with Crippen molar-refractivity contribution in [1.29, 1.82) is 0 Å². The number of hydrogen-bond donors (Lipinski definition) is 1. The Labute approximate surface area is 98.6 Å². The van der Waals surface area contributed by atoms with Gasteiger partial charge in [0.05, 0.1) is 12.5 Å². The van der Waals surface area contributed by atoms with Crippen LogP contribution in [0.4, 0.5) is 13.2 Å². The van der Waals surface area contributed by atoms with Crippen LogP contribution in [0.1, 0.15) is 31.9 Å². The van der Waals surface area contributed by atoms with E-state index in [1.165, 1.54) is 0 Å². The normalized spacial score (nSPS) is 13.8. The first-order valence-electron chi connectivity index (χ1n) is 5.37. The number of halogens is 3. The second-order valence-corrected chi connectivity index (χ2v) is 4.16. The molecular formula is C12H16F3NO. The van der Waals surface area contributed by atoms with Gasteiger partial charge in [0.2, 0.25) is 0 Å². The van der Waals surface area contributed by atoms with E-state index in [2.05, 4.69) is 0 Å². The van der Waals surface area contributed by atoms with Crippen LogP contribution in [0.15, 0.2) is 24.3 Å². The minimum absolute atomic E-state index is 0.0321. The first-order valence-corrected chi connectivity index (χ1v) is 5.37. The van der Waals surface area contributed by atoms with Gasteiger partial charge in [0.1, 0.15) is 5.75 Å². The molecule has 0 saturated carbocycles. The molecule has 0 aromatic heterocycles. The Bertz CT molecular complexity index is 346. The summed E-state index contributed by atoms with van der Waals surface area (Å²) in [5.41, 5.74) is 5.93. The maximum atomic E-state index is 12.1. The summed E-state index contributed by atoms with van der Waals surface area (Å²) < 4.78 is 41.8. The van der Waals surface area contributed by atoms with Gasteiger partial charge in [0.15, 0.2) is 0 Å². The van der Waals surface area contributed by atoms with Crippen LogP contribution < -0.4 is 10.5 Å². The van der Waals surface area contributed by atoms with Crippen molar-refractivity contribution < 1.29 is 17.9 Å². The van der Waals surface area contributed by atoms with Gasteiger partial charge in [-0.3, -0.25) is 0 Å². The first kappa shape index (κ1) is 13.8. The number of hydrogen-bond acceptors (Lipinski definition) is 2. The van der Waals surface area contributed by atoms with Crippen LogP contribution in [0.5, 0.6) is 5.75 Å². The van der Waals surface area contributed by atoms with E-state index in [1.807, 2.05) is 13.8 Å². The molecule has 0 saturated heterocycles. The molecule has 96 valence electrons. The summed E-state index contributed by atoms with van der Waals surface area (Å²) in [4.78, 5) is 0. The van der Waals surface area contributed by atoms with Crippen molar-refractivity contribution in [3.8, 4) is 5.75 Å². The number of benzene rings is 1. The number of alkyl halides is 3. The standard InChI is InChI=1S/C12H16F3NO/c1-8(2)17-10-5-3-9(4-6-10)11(16)7-12(13,14)15/h3-6,8,11H,7,16H2,1-2H3. The average molecular weight is 247 g/mol. The Morgan fingerprint density at radius 2 is 1.71 bits per heavy atom. The molecule has 0 bridgehead atoms. The van der Waals surface area contributed by atoms with Crippen molar-refractivity contribution in [3.05, 3.63) is 29.8 Å². The van der Waals surface area contributed by atoms with Gasteiger partial charge in [-0.15, -0.1) is 0 Å². The molecule has 1 aromatic rings. The summed E-state index contributed by atoms with van der Waals surface area (Å²) in [6.45, 7) is 3.76. The molecule has 1 unspecified atom stereocenters. The van der Waals surface area contributed by atoms with Gasteiger partial charge < -0.3 is 10.5 Å². The molecule has 0 amide bonds.